The number of carbonyl (C=O) groups excluding carboxylic acids is 2. The van der Waals surface area contributed by atoms with Crippen LogP contribution >= 0.6 is 0 Å². The Labute approximate surface area is 112 Å². The van der Waals surface area contributed by atoms with Gasteiger partial charge in [0.2, 0.25) is 5.91 Å². The Morgan fingerprint density at radius 3 is 2.47 bits per heavy atom. The second-order valence-corrected chi connectivity index (χ2v) is 4.47. The van der Waals surface area contributed by atoms with E-state index in [0.717, 1.165) is 5.56 Å². The Hall–Kier alpha value is -1.72. The molecule has 19 heavy (non-hydrogen) atoms. The van der Waals surface area contributed by atoms with Gasteiger partial charge in [-0.1, -0.05) is 30.3 Å². The first-order valence-electron chi connectivity index (χ1n) is 6.19. The van der Waals surface area contributed by atoms with Crippen molar-refractivity contribution in [2.75, 3.05) is 13.2 Å². The summed E-state index contributed by atoms with van der Waals surface area (Å²) in [6.45, 7) is -0.546. The van der Waals surface area contributed by atoms with Crippen LogP contribution in [-0.4, -0.2) is 41.2 Å². The quantitative estimate of drug-likeness (QED) is 0.580. The zero-order valence-corrected chi connectivity index (χ0v) is 10.7. The van der Waals surface area contributed by atoms with Crippen molar-refractivity contribution in [3.05, 3.63) is 35.9 Å². The maximum atomic E-state index is 11.6. The molecule has 0 fully saturated rings. The summed E-state index contributed by atoms with van der Waals surface area (Å²) in [6.07, 6.45) is 1.26. The zero-order chi connectivity index (χ0) is 14.1. The predicted molar refractivity (Wildman–Crippen MR) is 70.5 cm³/mol. The summed E-state index contributed by atoms with van der Waals surface area (Å²) < 4.78 is 0. The Morgan fingerprint density at radius 1 is 1.26 bits per heavy atom. The maximum Gasteiger partial charge on any atom is 0.220 e. The Morgan fingerprint density at radius 2 is 1.95 bits per heavy atom. The number of carbonyl (C=O) groups is 2. The third-order valence-corrected chi connectivity index (χ3v) is 2.82. The first-order chi connectivity index (χ1) is 9.15. The molecule has 104 valence electrons. The molecule has 0 bridgehead atoms. The number of aliphatic hydroxyl groups is 2. The second-order valence-electron chi connectivity index (χ2n) is 4.47. The highest BCUT2D eigenvalue weighted by Gasteiger charge is 2.31. The number of aliphatic hydroxyl groups excluding tert-OH is 2. The fraction of sp³-hybridized carbons (Fsp3) is 0.429. The fourth-order valence-electron chi connectivity index (χ4n) is 1.79. The van der Waals surface area contributed by atoms with Gasteiger partial charge < -0.3 is 20.3 Å². The number of rotatable bonds is 8. The van der Waals surface area contributed by atoms with Crippen LogP contribution in [0.2, 0.25) is 0 Å². The fourth-order valence-corrected chi connectivity index (χ4v) is 1.79. The summed E-state index contributed by atoms with van der Waals surface area (Å²) in [4.78, 5) is 22.9. The van der Waals surface area contributed by atoms with Gasteiger partial charge in [-0.05, 0) is 12.0 Å². The lowest BCUT2D eigenvalue weighted by Gasteiger charge is -2.27. The van der Waals surface area contributed by atoms with E-state index in [1.807, 2.05) is 30.3 Å². The zero-order valence-electron chi connectivity index (χ0n) is 10.7. The summed E-state index contributed by atoms with van der Waals surface area (Å²) in [6, 6.07) is 9.16. The van der Waals surface area contributed by atoms with Gasteiger partial charge in [0, 0.05) is 19.4 Å². The molecule has 0 aliphatic rings. The number of hydrogen-bond acceptors (Lipinski definition) is 4. The first kappa shape index (κ1) is 15.3. The number of aldehydes is 1. The van der Waals surface area contributed by atoms with Crippen LogP contribution in [0.3, 0.4) is 0 Å². The summed E-state index contributed by atoms with van der Waals surface area (Å²) in [5.41, 5.74) is -0.445. The molecule has 1 aromatic carbocycles. The van der Waals surface area contributed by atoms with E-state index in [4.69, 9.17) is 5.11 Å². The van der Waals surface area contributed by atoms with E-state index in [-0.39, 0.29) is 25.4 Å². The summed E-state index contributed by atoms with van der Waals surface area (Å²) in [5.74, 6) is -0.355. The number of benzene rings is 1. The molecule has 1 atom stereocenters. The molecule has 3 N–H and O–H groups in total. The molecular weight excluding hydrogens is 246 g/mol. The van der Waals surface area contributed by atoms with Gasteiger partial charge in [0.25, 0.3) is 0 Å². The van der Waals surface area contributed by atoms with Crippen molar-refractivity contribution in [1.82, 2.24) is 5.32 Å². The van der Waals surface area contributed by atoms with Crippen LogP contribution in [0.4, 0.5) is 0 Å². The van der Waals surface area contributed by atoms with Crippen LogP contribution in [0.15, 0.2) is 30.3 Å². The lowest BCUT2D eigenvalue weighted by Crippen LogP contribution is -2.54. The van der Waals surface area contributed by atoms with Gasteiger partial charge in [0.05, 0.1) is 6.61 Å². The highest BCUT2D eigenvalue weighted by atomic mass is 16.3. The third kappa shape index (κ3) is 4.81. The normalized spacial score (nSPS) is 13.6. The van der Waals surface area contributed by atoms with E-state index >= 15 is 0 Å². The number of hydrogen-bond donors (Lipinski definition) is 3. The SMILES string of the molecule is O=CC(CO)(Cc1ccccc1)NC(=O)CCCO. The molecule has 5 heteroatoms. The second kappa shape index (κ2) is 7.66. The molecule has 0 aliphatic heterocycles. The monoisotopic (exact) mass is 265 g/mol. The molecule has 1 aromatic rings. The summed E-state index contributed by atoms with van der Waals surface area (Å²) in [7, 11) is 0. The topological polar surface area (TPSA) is 86.6 Å². The Kier molecular flexibility index (Phi) is 6.18. The third-order valence-electron chi connectivity index (χ3n) is 2.82. The van der Waals surface area contributed by atoms with Gasteiger partial charge in [0.15, 0.2) is 0 Å². The minimum Gasteiger partial charge on any atom is -0.396 e. The number of nitrogens with one attached hydrogen (secondary N) is 1. The largest absolute Gasteiger partial charge is 0.396 e. The minimum atomic E-state index is -1.30. The first-order valence-corrected chi connectivity index (χ1v) is 6.19. The molecule has 0 aromatic heterocycles. The van der Waals surface area contributed by atoms with Crippen molar-refractivity contribution >= 4 is 12.2 Å². The summed E-state index contributed by atoms with van der Waals surface area (Å²) in [5, 5.41) is 20.6. The van der Waals surface area contributed by atoms with Crippen molar-refractivity contribution in [3.63, 3.8) is 0 Å². The van der Waals surface area contributed by atoms with Gasteiger partial charge in [-0.25, -0.2) is 0 Å². The smallest absolute Gasteiger partial charge is 0.220 e. The van der Waals surface area contributed by atoms with Crippen LogP contribution in [0.25, 0.3) is 0 Å². The van der Waals surface area contributed by atoms with Gasteiger partial charge >= 0.3 is 0 Å². The Balaban J connectivity index is 2.73. The lowest BCUT2D eigenvalue weighted by molar-refractivity contribution is -0.128. The average molecular weight is 265 g/mol. The molecule has 0 heterocycles. The van der Waals surface area contributed by atoms with E-state index in [2.05, 4.69) is 5.32 Å². The minimum absolute atomic E-state index is 0.0840. The maximum absolute atomic E-state index is 11.6. The molecule has 0 spiro atoms. The average Bonchev–Trinajstić information content (AvgIpc) is 2.45. The van der Waals surface area contributed by atoms with Gasteiger partial charge in [-0.15, -0.1) is 0 Å². The molecule has 1 amide bonds. The highest BCUT2D eigenvalue weighted by Crippen LogP contribution is 2.12. The number of amides is 1. The molecule has 5 nitrogen and oxygen atoms in total. The molecule has 0 radical (unpaired) electrons. The molecular formula is C14H19NO4. The molecule has 0 aliphatic carbocycles. The van der Waals surface area contributed by atoms with Crippen LogP contribution in [0.1, 0.15) is 18.4 Å². The van der Waals surface area contributed by atoms with Crippen LogP contribution in [0.5, 0.6) is 0 Å². The van der Waals surface area contributed by atoms with Crippen molar-refractivity contribution < 1.29 is 19.8 Å². The van der Waals surface area contributed by atoms with Crippen LogP contribution in [0, 0.1) is 0 Å². The van der Waals surface area contributed by atoms with E-state index in [1.54, 1.807) is 0 Å². The van der Waals surface area contributed by atoms with Crippen molar-refractivity contribution in [1.29, 1.82) is 0 Å². The van der Waals surface area contributed by atoms with Gasteiger partial charge in [-0.3, -0.25) is 4.79 Å². The van der Waals surface area contributed by atoms with E-state index in [0.29, 0.717) is 12.7 Å². The highest BCUT2D eigenvalue weighted by molar-refractivity contribution is 5.82. The summed E-state index contributed by atoms with van der Waals surface area (Å²) >= 11 is 0. The van der Waals surface area contributed by atoms with Gasteiger partial charge in [0.1, 0.15) is 11.8 Å². The van der Waals surface area contributed by atoms with E-state index in [1.165, 1.54) is 0 Å². The molecule has 0 saturated heterocycles. The van der Waals surface area contributed by atoms with Crippen LogP contribution < -0.4 is 5.32 Å². The van der Waals surface area contributed by atoms with Crippen molar-refractivity contribution in [2.24, 2.45) is 0 Å². The van der Waals surface area contributed by atoms with Crippen molar-refractivity contribution in [3.8, 4) is 0 Å². The van der Waals surface area contributed by atoms with Crippen molar-refractivity contribution in [2.45, 2.75) is 24.8 Å². The van der Waals surface area contributed by atoms with Gasteiger partial charge in [-0.2, -0.15) is 0 Å². The van der Waals surface area contributed by atoms with E-state index in [9.17, 15) is 14.7 Å². The predicted octanol–water partition coefficient (Wildman–Crippen LogP) is 0.0478. The molecule has 1 rings (SSSR count). The van der Waals surface area contributed by atoms with E-state index < -0.39 is 12.1 Å². The molecule has 0 saturated carbocycles. The standard InChI is InChI=1S/C14H19NO4/c16-8-4-7-13(19)15-14(10-17,11-18)9-12-5-2-1-3-6-12/h1-3,5-6,10,16,18H,4,7-9,11H2,(H,15,19). The lowest BCUT2D eigenvalue weighted by atomic mass is 9.92. The Bertz CT molecular complexity index is 407. The van der Waals surface area contributed by atoms with Crippen LogP contribution in [-0.2, 0) is 16.0 Å². The molecule has 1 unspecified atom stereocenters.